The Hall–Kier alpha value is -3.86. The van der Waals surface area contributed by atoms with Gasteiger partial charge in [0.2, 0.25) is 0 Å². The first-order chi connectivity index (χ1) is 15.7. The third kappa shape index (κ3) is 4.89. The minimum absolute atomic E-state index is 0.257. The molecule has 0 aliphatic rings. The van der Waals surface area contributed by atoms with E-state index in [1.807, 2.05) is 12.1 Å². The van der Waals surface area contributed by atoms with Crippen LogP contribution in [0.5, 0.6) is 5.75 Å². The van der Waals surface area contributed by atoms with Crippen molar-refractivity contribution in [1.82, 2.24) is 9.99 Å². The highest BCUT2D eigenvalue weighted by Crippen LogP contribution is 2.22. The smallest absolute Gasteiger partial charge is 0.271 e. The van der Waals surface area contributed by atoms with Crippen molar-refractivity contribution in [2.45, 2.75) is 26.8 Å². The van der Waals surface area contributed by atoms with Crippen LogP contribution in [0.2, 0.25) is 0 Å². The summed E-state index contributed by atoms with van der Waals surface area (Å²) in [5.41, 5.74) is 7.78. The van der Waals surface area contributed by atoms with Crippen LogP contribution >= 0.6 is 0 Å². The van der Waals surface area contributed by atoms with Gasteiger partial charge in [-0.1, -0.05) is 49.4 Å². The lowest BCUT2D eigenvalue weighted by Gasteiger charge is -2.08. The van der Waals surface area contributed by atoms with E-state index in [1.165, 1.54) is 11.1 Å². The molecular formula is C27H27N3O2. The second-order valence-corrected chi connectivity index (χ2v) is 7.73. The number of hydrogen-bond acceptors (Lipinski definition) is 3. The predicted octanol–water partition coefficient (Wildman–Crippen LogP) is 5.55. The van der Waals surface area contributed by atoms with E-state index in [9.17, 15) is 4.79 Å². The quantitative estimate of drug-likeness (QED) is 0.297. The molecule has 5 nitrogen and oxygen atoms in total. The summed E-state index contributed by atoms with van der Waals surface area (Å²) in [7, 11) is 0. The van der Waals surface area contributed by atoms with E-state index in [0.29, 0.717) is 12.2 Å². The second-order valence-electron chi connectivity index (χ2n) is 7.73. The molecule has 0 radical (unpaired) electrons. The summed E-state index contributed by atoms with van der Waals surface area (Å²) in [6.07, 6.45) is 4.72. The molecule has 0 saturated heterocycles. The Kier molecular flexibility index (Phi) is 6.66. The first-order valence-corrected chi connectivity index (χ1v) is 10.8. The van der Waals surface area contributed by atoms with E-state index >= 15 is 0 Å². The summed E-state index contributed by atoms with van der Waals surface area (Å²) < 4.78 is 7.78. The SMILES string of the molecule is CCCOc1ccc(C(=O)N/N=C\c2cn(Cc3ccccc3C)c3ccccc23)cc1. The molecule has 0 saturated carbocycles. The van der Waals surface area contributed by atoms with Gasteiger partial charge in [-0.2, -0.15) is 5.10 Å². The van der Waals surface area contributed by atoms with Crippen molar-refractivity contribution >= 4 is 23.0 Å². The topological polar surface area (TPSA) is 55.6 Å². The van der Waals surface area contributed by atoms with E-state index < -0.39 is 0 Å². The molecule has 1 aromatic heterocycles. The van der Waals surface area contributed by atoms with Crippen molar-refractivity contribution in [2.75, 3.05) is 6.61 Å². The van der Waals surface area contributed by atoms with E-state index in [-0.39, 0.29) is 5.91 Å². The number of carbonyl (C=O) groups excluding carboxylic acids is 1. The van der Waals surface area contributed by atoms with Gasteiger partial charge in [0.25, 0.3) is 5.91 Å². The molecule has 1 N–H and O–H groups in total. The van der Waals surface area contributed by atoms with E-state index in [0.717, 1.165) is 35.2 Å². The number of hydrogen-bond donors (Lipinski definition) is 1. The van der Waals surface area contributed by atoms with Crippen LogP contribution in [0.15, 0.2) is 84.1 Å². The Morgan fingerprint density at radius 1 is 1.03 bits per heavy atom. The van der Waals surface area contributed by atoms with E-state index in [1.54, 1.807) is 30.5 Å². The molecule has 0 atom stereocenters. The number of amides is 1. The van der Waals surface area contributed by atoms with Crippen LogP contribution in [-0.2, 0) is 6.54 Å². The highest BCUT2D eigenvalue weighted by molar-refractivity contribution is 6.00. The average Bonchev–Trinajstić information content (AvgIpc) is 3.17. The summed E-state index contributed by atoms with van der Waals surface area (Å²) >= 11 is 0. The summed E-state index contributed by atoms with van der Waals surface area (Å²) in [5, 5.41) is 5.30. The van der Waals surface area contributed by atoms with Crippen LogP contribution in [0.3, 0.4) is 0 Å². The standard InChI is InChI=1S/C27H27N3O2/c1-3-16-32-24-14-12-21(13-15-24)27(31)29-28-17-23-19-30(26-11-7-6-10-25(23)26)18-22-9-5-4-8-20(22)2/h4-15,17,19H,3,16,18H2,1-2H3,(H,29,31)/b28-17-. The average molecular weight is 426 g/mol. The summed E-state index contributed by atoms with van der Waals surface area (Å²) in [6.45, 7) is 5.62. The highest BCUT2D eigenvalue weighted by Gasteiger charge is 2.09. The van der Waals surface area contributed by atoms with Gasteiger partial charge in [-0.05, 0) is 54.8 Å². The second kappa shape index (κ2) is 9.96. The molecule has 0 unspecified atom stereocenters. The Morgan fingerprint density at radius 3 is 2.56 bits per heavy atom. The summed E-state index contributed by atoms with van der Waals surface area (Å²) in [6, 6.07) is 23.7. The number of aryl methyl sites for hydroxylation is 1. The molecule has 0 fully saturated rings. The third-order valence-electron chi connectivity index (χ3n) is 5.38. The monoisotopic (exact) mass is 425 g/mol. The molecule has 32 heavy (non-hydrogen) atoms. The fraction of sp³-hybridized carbons (Fsp3) is 0.185. The lowest BCUT2D eigenvalue weighted by Crippen LogP contribution is -2.17. The molecule has 0 aliphatic carbocycles. The number of aromatic nitrogens is 1. The number of fused-ring (bicyclic) bond motifs is 1. The molecule has 5 heteroatoms. The van der Waals surface area contributed by atoms with Crippen molar-refractivity contribution < 1.29 is 9.53 Å². The zero-order valence-corrected chi connectivity index (χ0v) is 18.4. The van der Waals surface area contributed by atoms with Crippen molar-refractivity contribution in [3.8, 4) is 5.75 Å². The number of para-hydroxylation sites is 1. The maximum atomic E-state index is 12.4. The van der Waals surface area contributed by atoms with Gasteiger partial charge in [0.05, 0.1) is 12.8 Å². The minimum atomic E-state index is -0.257. The van der Waals surface area contributed by atoms with Crippen LogP contribution in [-0.4, -0.2) is 23.3 Å². The van der Waals surface area contributed by atoms with Gasteiger partial charge in [0, 0.05) is 34.8 Å². The van der Waals surface area contributed by atoms with Crippen LogP contribution in [0.4, 0.5) is 0 Å². The molecular weight excluding hydrogens is 398 g/mol. The largest absolute Gasteiger partial charge is 0.494 e. The minimum Gasteiger partial charge on any atom is -0.494 e. The molecule has 1 heterocycles. The Morgan fingerprint density at radius 2 is 1.78 bits per heavy atom. The Bertz CT molecular complexity index is 1240. The van der Waals surface area contributed by atoms with Crippen LogP contribution in [0.1, 0.15) is 40.4 Å². The number of nitrogens with one attached hydrogen (secondary N) is 1. The van der Waals surface area contributed by atoms with Gasteiger partial charge in [0.15, 0.2) is 0 Å². The number of ether oxygens (including phenoxy) is 1. The summed E-state index contributed by atoms with van der Waals surface area (Å²) in [4.78, 5) is 12.4. The fourth-order valence-electron chi connectivity index (χ4n) is 3.63. The van der Waals surface area contributed by atoms with Crippen molar-refractivity contribution in [2.24, 2.45) is 5.10 Å². The zero-order valence-electron chi connectivity index (χ0n) is 18.4. The first kappa shape index (κ1) is 21.4. The summed E-state index contributed by atoms with van der Waals surface area (Å²) in [5.74, 6) is 0.500. The molecule has 3 aromatic carbocycles. The van der Waals surface area contributed by atoms with Gasteiger partial charge in [-0.25, -0.2) is 5.43 Å². The normalized spacial score (nSPS) is 11.2. The van der Waals surface area contributed by atoms with Crippen molar-refractivity contribution in [1.29, 1.82) is 0 Å². The predicted molar refractivity (Wildman–Crippen MR) is 130 cm³/mol. The lowest BCUT2D eigenvalue weighted by atomic mass is 10.1. The Balaban J connectivity index is 1.49. The maximum absolute atomic E-state index is 12.4. The molecule has 0 spiro atoms. The number of rotatable bonds is 8. The van der Waals surface area contributed by atoms with Crippen LogP contribution < -0.4 is 10.2 Å². The van der Waals surface area contributed by atoms with Gasteiger partial charge < -0.3 is 9.30 Å². The van der Waals surface area contributed by atoms with Gasteiger partial charge in [-0.15, -0.1) is 0 Å². The molecule has 1 amide bonds. The molecule has 0 bridgehead atoms. The fourth-order valence-corrected chi connectivity index (χ4v) is 3.63. The number of carbonyl (C=O) groups is 1. The lowest BCUT2D eigenvalue weighted by molar-refractivity contribution is 0.0955. The number of hydrazone groups is 1. The number of nitrogens with zero attached hydrogens (tertiary/aromatic N) is 2. The van der Waals surface area contributed by atoms with Crippen LogP contribution in [0, 0.1) is 6.92 Å². The Labute approximate surface area is 188 Å². The van der Waals surface area contributed by atoms with Crippen molar-refractivity contribution in [3.05, 3.63) is 101 Å². The van der Waals surface area contributed by atoms with Gasteiger partial charge >= 0.3 is 0 Å². The van der Waals surface area contributed by atoms with E-state index in [4.69, 9.17) is 4.74 Å². The van der Waals surface area contributed by atoms with Gasteiger partial charge in [-0.3, -0.25) is 4.79 Å². The molecule has 4 rings (SSSR count). The number of benzene rings is 3. The highest BCUT2D eigenvalue weighted by atomic mass is 16.5. The zero-order chi connectivity index (χ0) is 22.3. The van der Waals surface area contributed by atoms with Crippen molar-refractivity contribution in [3.63, 3.8) is 0 Å². The molecule has 162 valence electrons. The van der Waals surface area contributed by atoms with E-state index in [2.05, 4.69) is 71.5 Å². The molecule has 4 aromatic rings. The van der Waals surface area contributed by atoms with Crippen LogP contribution in [0.25, 0.3) is 10.9 Å². The first-order valence-electron chi connectivity index (χ1n) is 10.8. The molecule has 0 aliphatic heterocycles. The third-order valence-corrected chi connectivity index (χ3v) is 5.38. The maximum Gasteiger partial charge on any atom is 0.271 e. The van der Waals surface area contributed by atoms with Gasteiger partial charge in [0.1, 0.15) is 5.75 Å².